The van der Waals surface area contributed by atoms with Gasteiger partial charge in [0.05, 0.1) is 29.8 Å². The molecule has 0 saturated carbocycles. The van der Waals surface area contributed by atoms with Crippen LogP contribution in [0.1, 0.15) is 22.4 Å². The molecule has 2 aliphatic rings. The van der Waals surface area contributed by atoms with E-state index >= 15 is 0 Å². The lowest BCUT2D eigenvalue weighted by molar-refractivity contribution is 0.800. The smallest absolute Gasteiger partial charge is 0.157 e. The Balaban J connectivity index is 1.35. The highest BCUT2D eigenvalue weighted by Crippen LogP contribution is 2.29. The van der Waals surface area contributed by atoms with Crippen molar-refractivity contribution in [3.63, 3.8) is 0 Å². The number of nitrogens with one attached hydrogen (secondary N) is 1. The third-order valence-electron chi connectivity index (χ3n) is 5.55. The zero-order valence-electron chi connectivity index (χ0n) is 17.6. The lowest BCUT2D eigenvalue weighted by Crippen LogP contribution is -2.24. The fraction of sp³-hybridized carbons (Fsp3) is 0.240. The average Bonchev–Trinajstić information content (AvgIpc) is 3.37. The Morgan fingerprint density at radius 3 is 2.84 bits per heavy atom. The zero-order chi connectivity index (χ0) is 21.2. The van der Waals surface area contributed by atoms with Gasteiger partial charge in [-0.15, -0.1) is 0 Å². The largest absolute Gasteiger partial charge is 0.361 e. The van der Waals surface area contributed by atoms with Gasteiger partial charge < -0.3 is 5.32 Å². The number of amidine groups is 1. The molecular weight excluding hydrogens is 402 g/mol. The highest BCUT2D eigenvalue weighted by molar-refractivity contribution is 8.14. The lowest BCUT2D eigenvalue weighted by atomic mass is 10.1. The minimum Gasteiger partial charge on any atom is -0.361 e. The number of aliphatic imine (C=N–C) groups is 2. The van der Waals surface area contributed by atoms with Crippen molar-refractivity contribution in [1.82, 2.24) is 15.1 Å². The molecule has 2 aliphatic heterocycles. The molecule has 0 amide bonds. The van der Waals surface area contributed by atoms with Gasteiger partial charge in [-0.05, 0) is 48.2 Å². The van der Waals surface area contributed by atoms with Crippen LogP contribution in [0.2, 0.25) is 0 Å². The number of benzene rings is 2. The normalized spacial score (nSPS) is 15.7. The molecule has 0 atom stereocenters. The predicted octanol–water partition coefficient (Wildman–Crippen LogP) is 4.80. The summed E-state index contributed by atoms with van der Waals surface area (Å²) in [5, 5.41) is 9.05. The number of aromatic nitrogens is 2. The highest BCUT2D eigenvalue weighted by Gasteiger charge is 2.18. The summed E-state index contributed by atoms with van der Waals surface area (Å²) >= 11 is 1.72. The lowest BCUT2D eigenvalue weighted by Gasteiger charge is -2.10. The Morgan fingerprint density at radius 2 is 1.97 bits per heavy atom. The Hall–Kier alpha value is -3.12. The SMILES string of the molecule is C=C1CNC(SCC2=Nc3cc(C)ccc3C2)=NCc2c(cnn2-c2ccccc2)C1. The number of fused-ring (bicyclic) bond motifs is 2. The molecule has 0 saturated heterocycles. The second-order valence-electron chi connectivity index (χ2n) is 8.04. The van der Waals surface area contributed by atoms with Crippen LogP contribution >= 0.6 is 11.8 Å². The number of hydrogen-bond donors (Lipinski definition) is 1. The van der Waals surface area contributed by atoms with Crippen molar-refractivity contribution in [2.24, 2.45) is 9.98 Å². The number of nitrogens with zero attached hydrogens (tertiary/aromatic N) is 4. The topological polar surface area (TPSA) is 54.6 Å². The van der Waals surface area contributed by atoms with E-state index in [9.17, 15) is 0 Å². The van der Waals surface area contributed by atoms with E-state index < -0.39 is 0 Å². The van der Waals surface area contributed by atoms with Gasteiger partial charge in [-0.3, -0.25) is 9.98 Å². The van der Waals surface area contributed by atoms with E-state index in [1.165, 1.54) is 22.4 Å². The summed E-state index contributed by atoms with van der Waals surface area (Å²) in [6.07, 6.45) is 3.69. The van der Waals surface area contributed by atoms with Gasteiger partial charge in [0.25, 0.3) is 0 Å². The third kappa shape index (κ3) is 4.35. The molecule has 5 nitrogen and oxygen atoms in total. The van der Waals surface area contributed by atoms with E-state index in [4.69, 9.17) is 9.98 Å². The maximum Gasteiger partial charge on any atom is 0.157 e. The second-order valence-corrected chi connectivity index (χ2v) is 9.01. The van der Waals surface area contributed by atoms with E-state index in [0.29, 0.717) is 13.1 Å². The third-order valence-corrected chi connectivity index (χ3v) is 6.57. The molecule has 0 bridgehead atoms. The van der Waals surface area contributed by atoms with Gasteiger partial charge >= 0.3 is 0 Å². The van der Waals surface area contributed by atoms with Gasteiger partial charge in [-0.25, -0.2) is 4.68 Å². The van der Waals surface area contributed by atoms with Crippen molar-refractivity contribution >= 4 is 28.3 Å². The first-order valence-corrected chi connectivity index (χ1v) is 11.5. The first kappa shape index (κ1) is 19.8. The van der Waals surface area contributed by atoms with Crippen molar-refractivity contribution in [3.8, 4) is 5.69 Å². The van der Waals surface area contributed by atoms with Crippen molar-refractivity contribution in [2.75, 3.05) is 12.3 Å². The molecule has 1 N–H and O–H groups in total. The molecular formula is C25H25N5S. The minimum absolute atomic E-state index is 0.582. The van der Waals surface area contributed by atoms with Crippen LogP contribution in [0.5, 0.6) is 0 Å². The quantitative estimate of drug-likeness (QED) is 0.611. The van der Waals surface area contributed by atoms with Gasteiger partial charge in [0, 0.05) is 24.4 Å². The molecule has 3 aromatic rings. The van der Waals surface area contributed by atoms with Crippen molar-refractivity contribution in [2.45, 2.75) is 26.3 Å². The first-order valence-electron chi connectivity index (χ1n) is 10.5. The minimum atomic E-state index is 0.582. The summed E-state index contributed by atoms with van der Waals surface area (Å²) in [6, 6.07) is 16.8. The Morgan fingerprint density at radius 1 is 1.10 bits per heavy atom. The van der Waals surface area contributed by atoms with E-state index in [2.05, 4.69) is 54.2 Å². The number of hydrogen-bond acceptors (Lipinski definition) is 5. The molecule has 0 aliphatic carbocycles. The van der Waals surface area contributed by atoms with E-state index in [-0.39, 0.29) is 0 Å². The van der Waals surface area contributed by atoms with Crippen molar-refractivity contribution in [3.05, 3.63) is 89.3 Å². The predicted molar refractivity (Wildman–Crippen MR) is 130 cm³/mol. The van der Waals surface area contributed by atoms with E-state index in [1.54, 1.807) is 11.8 Å². The van der Waals surface area contributed by atoms with Gasteiger partial charge in [0.2, 0.25) is 0 Å². The molecule has 156 valence electrons. The van der Waals surface area contributed by atoms with E-state index in [1.807, 2.05) is 29.1 Å². The fourth-order valence-corrected chi connectivity index (χ4v) is 4.74. The summed E-state index contributed by atoms with van der Waals surface area (Å²) in [4.78, 5) is 9.75. The van der Waals surface area contributed by atoms with Crippen molar-refractivity contribution in [1.29, 1.82) is 0 Å². The summed E-state index contributed by atoms with van der Waals surface area (Å²) in [6.45, 7) is 7.67. The Bertz CT molecular complexity index is 1190. The maximum absolute atomic E-state index is 4.91. The number of aryl methyl sites for hydroxylation is 1. The molecule has 1 aromatic heterocycles. The average molecular weight is 428 g/mol. The van der Waals surface area contributed by atoms with Gasteiger partial charge in [-0.1, -0.05) is 54.2 Å². The zero-order valence-corrected chi connectivity index (χ0v) is 18.5. The van der Waals surface area contributed by atoms with Gasteiger partial charge in [0.15, 0.2) is 5.17 Å². The second kappa shape index (κ2) is 8.55. The summed E-state index contributed by atoms with van der Waals surface area (Å²) < 4.78 is 2.00. The summed E-state index contributed by atoms with van der Waals surface area (Å²) in [7, 11) is 0. The van der Waals surface area contributed by atoms with Crippen LogP contribution in [0, 0.1) is 6.92 Å². The Kier molecular flexibility index (Phi) is 5.47. The van der Waals surface area contributed by atoms with Crippen LogP contribution in [0.4, 0.5) is 5.69 Å². The fourth-order valence-electron chi connectivity index (χ4n) is 3.94. The molecule has 0 unspecified atom stereocenters. The maximum atomic E-state index is 4.91. The molecule has 3 heterocycles. The van der Waals surface area contributed by atoms with Crippen LogP contribution < -0.4 is 5.32 Å². The molecule has 6 heteroatoms. The molecule has 0 spiro atoms. The first-order chi connectivity index (χ1) is 15.2. The van der Waals surface area contributed by atoms with E-state index in [0.717, 1.165) is 46.4 Å². The highest BCUT2D eigenvalue weighted by atomic mass is 32.2. The molecule has 31 heavy (non-hydrogen) atoms. The van der Waals surface area contributed by atoms with Gasteiger partial charge in [-0.2, -0.15) is 5.10 Å². The Labute approximate surface area is 187 Å². The van der Waals surface area contributed by atoms with Crippen LogP contribution in [0.25, 0.3) is 5.69 Å². The van der Waals surface area contributed by atoms with Crippen molar-refractivity contribution < 1.29 is 0 Å². The number of rotatable bonds is 3. The summed E-state index contributed by atoms with van der Waals surface area (Å²) in [5.74, 6) is 0.830. The molecule has 2 aromatic carbocycles. The van der Waals surface area contributed by atoms with Gasteiger partial charge in [0.1, 0.15) is 0 Å². The molecule has 0 fully saturated rings. The summed E-state index contributed by atoms with van der Waals surface area (Å²) in [5.41, 5.74) is 9.38. The monoisotopic (exact) mass is 427 g/mol. The number of thioether (sulfide) groups is 1. The van der Waals surface area contributed by atoms with Crippen LogP contribution in [0.15, 0.2) is 76.9 Å². The van der Waals surface area contributed by atoms with Crippen LogP contribution in [-0.2, 0) is 19.4 Å². The number of para-hydroxylation sites is 1. The molecule has 5 rings (SSSR count). The van der Waals surface area contributed by atoms with Crippen LogP contribution in [0.3, 0.4) is 0 Å². The molecule has 0 radical (unpaired) electrons. The van der Waals surface area contributed by atoms with Crippen LogP contribution in [-0.4, -0.2) is 33.0 Å². The standard InChI is InChI=1S/C25H25N5S/c1-17-8-9-19-12-21(29-23(19)11-17)16-31-25-26-13-18(2)10-20-14-28-30(24(20)15-27-25)22-6-4-3-5-7-22/h3-9,11,14H,2,10,12-13,15-16H2,1H3,(H,26,27).